The molecule has 0 bridgehead atoms. The van der Waals surface area contributed by atoms with Crippen molar-refractivity contribution in [1.29, 1.82) is 0 Å². The first-order valence-corrected chi connectivity index (χ1v) is 8.89. The van der Waals surface area contributed by atoms with Gasteiger partial charge in [0.1, 0.15) is 11.6 Å². The molecule has 0 fully saturated rings. The van der Waals surface area contributed by atoms with Gasteiger partial charge in [0.2, 0.25) is 0 Å². The zero-order valence-corrected chi connectivity index (χ0v) is 15.3. The van der Waals surface area contributed by atoms with Crippen LogP contribution in [0.25, 0.3) is 0 Å². The summed E-state index contributed by atoms with van der Waals surface area (Å²) < 4.78 is 5.22. The second kappa shape index (κ2) is 7.79. The maximum atomic E-state index is 5.22. The SMILES string of the molecule is COCc1cc(NCc2ccc(SC)cc2)nc(C(C)(C)C)n1. The average Bonchev–Trinajstić information content (AvgIpc) is 2.53. The minimum absolute atomic E-state index is 0.0970. The fourth-order valence-corrected chi connectivity index (χ4v) is 2.49. The van der Waals surface area contributed by atoms with Crippen LogP contribution >= 0.6 is 11.8 Å². The summed E-state index contributed by atoms with van der Waals surface area (Å²) in [4.78, 5) is 10.5. The van der Waals surface area contributed by atoms with Gasteiger partial charge in [-0.25, -0.2) is 9.97 Å². The van der Waals surface area contributed by atoms with Crippen LogP contribution in [-0.4, -0.2) is 23.3 Å². The van der Waals surface area contributed by atoms with E-state index in [4.69, 9.17) is 4.74 Å². The second-order valence-corrected chi connectivity index (χ2v) is 7.33. The van der Waals surface area contributed by atoms with E-state index in [-0.39, 0.29) is 5.41 Å². The Kier molecular flexibility index (Phi) is 6.02. The molecular formula is C18H25N3OS. The molecule has 1 aromatic heterocycles. The van der Waals surface area contributed by atoms with Gasteiger partial charge >= 0.3 is 0 Å². The third kappa shape index (κ3) is 5.22. The van der Waals surface area contributed by atoms with Crippen LogP contribution in [0.3, 0.4) is 0 Å². The number of nitrogens with zero attached hydrogens (tertiary/aromatic N) is 2. The number of hydrogen-bond acceptors (Lipinski definition) is 5. The number of aromatic nitrogens is 2. The van der Waals surface area contributed by atoms with Crippen LogP contribution in [0.4, 0.5) is 5.82 Å². The average molecular weight is 331 g/mol. The monoisotopic (exact) mass is 331 g/mol. The number of nitrogens with one attached hydrogen (secondary N) is 1. The summed E-state index contributed by atoms with van der Waals surface area (Å²) in [6.07, 6.45) is 2.08. The van der Waals surface area contributed by atoms with Gasteiger partial charge in [0.05, 0.1) is 12.3 Å². The largest absolute Gasteiger partial charge is 0.378 e. The normalized spacial score (nSPS) is 11.5. The van der Waals surface area contributed by atoms with Crippen LogP contribution in [0.2, 0.25) is 0 Å². The van der Waals surface area contributed by atoms with E-state index in [1.165, 1.54) is 10.5 Å². The lowest BCUT2D eigenvalue weighted by molar-refractivity contribution is 0.181. The highest BCUT2D eigenvalue weighted by Crippen LogP contribution is 2.21. The van der Waals surface area contributed by atoms with E-state index in [0.29, 0.717) is 6.61 Å². The number of ether oxygens (including phenoxy) is 1. The predicted molar refractivity (Wildman–Crippen MR) is 97.0 cm³/mol. The topological polar surface area (TPSA) is 47.0 Å². The molecule has 0 saturated carbocycles. The van der Waals surface area contributed by atoms with Gasteiger partial charge in [0, 0.05) is 30.0 Å². The number of methoxy groups -OCH3 is 1. The van der Waals surface area contributed by atoms with E-state index >= 15 is 0 Å². The second-order valence-electron chi connectivity index (χ2n) is 6.45. The number of rotatable bonds is 6. The Labute approximate surface area is 143 Å². The summed E-state index contributed by atoms with van der Waals surface area (Å²) in [6, 6.07) is 10.5. The molecule has 0 aliphatic rings. The summed E-state index contributed by atoms with van der Waals surface area (Å²) in [7, 11) is 1.68. The van der Waals surface area contributed by atoms with Crippen molar-refractivity contribution < 1.29 is 4.74 Å². The lowest BCUT2D eigenvalue weighted by Crippen LogP contribution is -2.18. The van der Waals surface area contributed by atoms with Crippen molar-refractivity contribution >= 4 is 17.6 Å². The maximum absolute atomic E-state index is 5.22. The Morgan fingerprint density at radius 1 is 1.13 bits per heavy atom. The molecule has 4 nitrogen and oxygen atoms in total. The first-order chi connectivity index (χ1) is 10.9. The Hall–Kier alpha value is -1.59. The number of thioether (sulfide) groups is 1. The lowest BCUT2D eigenvalue weighted by atomic mass is 9.95. The van der Waals surface area contributed by atoms with Gasteiger partial charge in [-0.2, -0.15) is 0 Å². The van der Waals surface area contributed by atoms with Crippen LogP contribution in [0.15, 0.2) is 35.2 Å². The van der Waals surface area contributed by atoms with E-state index in [9.17, 15) is 0 Å². The fourth-order valence-electron chi connectivity index (χ4n) is 2.08. The van der Waals surface area contributed by atoms with Gasteiger partial charge in [-0.05, 0) is 24.0 Å². The van der Waals surface area contributed by atoms with Crippen molar-refractivity contribution in [2.45, 2.75) is 44.2 Å². The molecule has 23 heavy (non-hydrogen) atoms. The Bertz CT molecular complexity index is 636. The van der Waals surface area contributed by atoms with E-state index in [1.54, 1.807) is 18.9 Å². The van der Waals surface area contributed by atoms with Crippen molar-refractivity contribution in [2.24, 2.45) is 0 Å². The standard InChI is InChI=1S/C18H25N3OS/c1-18(2,3)17-20-14(12-22-4)10-16(21-17)19-11-13-6-8-15(23-5)9-7-13/h6-10H,11-12H2,1-5H3,(H,19,20,21). The van der Waals surface area contributed by atoms with Crippen LogP contribution in [-0.2, 0) is 23.3 Å². The van der Waals surface area contributed by atoms with Crippen molar-refractivity contribution in [3.8, 4) is 0 Å². The van der Waals surface area contributed by atoms with Crippen molar-refractivity contribution in [2.75, 3.05) is 18.7 Å². The van der Waals surface area contributed by atoms with Crippen LogP contribution < -0.4 is 5.32 Å². The molecule has 0 saturated heterocycles. The van der Waals surface area contributed by atoms with Crippen molar-refractivity contribution in [3.63, 3.8) is 0 Å². The molecule has 0 atom stereocenters. The summed E-state index contributed by atoms with van der Waals surface area (Å²) in [5, 5.41) is 3.40. The molecule has 5 heteroatoms. The highest BCUT2D eigenvalue weighted by atomic mass is 32.2. The minimum Gasteiger partial charge on any atom is -0.378 e. The smallest absolute Gasteiger partial charge is 0.136 e. The van der Waals surface area contributed by atoms with E-state index in [2.05, 4.69) is 66.6 Å². The minimum atomic E-state index is -0.0970. The molecule has 2 rings (SSSR count). The Morgan fingerprint density at radius 2 is 1.83 bits per heavy atom. The number of hydrogen-bond donors (Lipinski definition) is 1. The van der Waals surface area contributed by atoms with Crippen LogP contribution in [0, 0.1) is 0 Å². The molecule has 0 radical (unpaired) electrons. The van der Waals surface area contributed by atoms with Gasteiger partial charge in [-0.1, -0.05) is 32.9 Å². The number of benzene rings is 1. The molecule has 0 spiro atoms. The zero-order valence-electron chi connectivity index (χ0n) is 14.5. The van der Waals surface area contributed by atoms with Crippen molar-refractivity contribution in [1.82, 2.24) is 9.97 Å². The maximum Gasteiger partial charge on any atom is 0.136 e. The van der Waals surface area contributed by atoms with E-state index < -0.39 is 0 Å². The third-order valence-electron chi connectivity index (χ3n) is 3.37. The molecule has 124 valence electrons. The summed E-state index contributed by atoms with van der Waals surface area (Å²) >= 11 is 1.75. The predicted octanol–water partition coefficient (Wildman–Crippen LogP) is 4.25. The first-order valence-electron chi connectivity index (χ1n) is 7.66. The number of anilines is 1. The highest BCUT2D eigenvalue weighted by Gasteiger charge is 2.19. The van der Waals surface area contributed by atoms with Gasteiger partial charge in [0.15, 0.2) is 0 Å². The molecule has 0 aliphatic heterocycles. The lowest BCUT2D eigenvalue weighted by Gasteiger charge is -2.19. The van der Waals surface area contributed by atoms with Crippen LogP contribution in [0.5, 0.6) is 0 Å². The molecule has 0 amide bonds. The van der Waals surface area contributed by atoms with Gasteiger partial charge < -0.3 is 10.1 Å². The molecule has 1 N–H and O–H groups in total. The Morgan fingerprint density at radius 3 is 2.39 bits per heavy atom. The zero-order chi connectivity index (χ0) is 16.9. The van der Waals surface area contributed by atoms with E-state index in [1.807, 2.05) is 6.07 Å². The molecule has 0 unspecified atom stereocenters. The molecule has 2 aromatic rings. The van der Waals surface area contributed by atoms with Gasteiger partial charge in [0.25, 0.3) is 0 Å². The fraction of sp³-hybridized carbons (Fsp3) is 0.444. The van der Waals surface area contributed by atoms with Crippen molar-refractivity contribution in [3.05, 3.63) is 47.4 Å². The first kappa shape index (κ1) is 17.8. The van der Waals surface area contributed by atoms with Crippen LogP contribution in [0.1, 0.15) is 37.9 Å². The third-order valence-corrected chi connectivity index (χ3v) is 4.12. The summed E-state index contributed by atoms with van der Waals surface area (Å²) in [6.45, 7) is 7.57. The van der Waals surface area contributed by atoms with E-state index in [0.717, 1.165) is 23.9 Å². The molecule has 1 aromatic carbocycles. The van der Waals surface area contributed by atoms with Gasteiger partial charge in [-0.3, -0.25) is 0 Å². The molecular weight excluding hydrogens is 306 g/mol. The molecule has 0 aliphatic carbocycles. The summed E-state index contributed by atoms with van der Waals surface area (Å²) in [5.41, 5.74) is 2.03. The Balaban J connectivity index is 2.15. The molecule has 1 heterocycles. The highest BCUT2D eigenvalue weighted by molar-refractivity contribution is 7.98. The van der Waals surface area contributed by atoms with Gasteiger partial charge in [-0.15, -0.1) is 11.8 Å². The quantitative estimate of drug-likeness (QED) is 0.802. The summed E-state index contributed by atoms with van der Waals surface area (Å²) in [5.74, 6) is 1.66.